The average Bonchev–Trinajstić information content (AvgIpc) is 3.16. The summed E-state index contributed by atoms with van der Waals surface area (Å²) in [5, 5.41) is 24.9. The second-order valence-electron chi connectivity index (χ2n) is 4.80. The van der Waals surface area contributed by atoms with E-state index in [1.165, 1.54) is 24.3 Å². The molecule has 13 heteroatoms. The van der Waals surface area contributed by atoms with Gasteiger partial charge in [0.15, 0.2) is 0 Å². The molecule has 11 nitrogen and oxygen atoms in total. The summed E-state index contributed by atoms with van der Waals surface area (Å²) in [6.45, 7) is 0. The molecule has 1 heterocycles. The van der Waals surface area contributed by atoms with Gasteiger partial charge >= 0.3 is 35.5 Å². The summed E-state index contributed by atoms with van der Waals surface area (Å²) in [6, 6.07) is 14.2. The summed E-state index contributed by atoms with van der Waals surface area (Å²) in [6.07, 6.45) is 0. The van der Waals surface area contributed by atoms with Crippen molar-refractivity contribution in [3.05, 3.63) is 60.2 Å². The predicted molar refractivity (Wildman–Crippen MR) is 89.7 cm³/mol. The number of aromatic nitrogens is 4. The van der Waals surface area contributed by atoms with E-state index in [4.69, 9.17) is 0 Å². The van der Waals surface area contributed by atoms with Crippen LogP contribution in [0.2, 0.25) is 0 Å². The van der Waals surface area contributed by atoms with Gasteiger partial charge in [-0.2, -0.15) is 10.3 Å². The van der Waals surface area contributed by atoms with Crippen molar-refractivity contribution < 1.29 is 42.5 Å². The molecule has 0 atom stereocenters. The fourth-order valence-corrected chi connectivity index (χ4v) is 2.31. The van der Waals surface area contributed by atoms with E-state index in [2.05, 4.69) is 41.4 Å². The van der Waals surface area contributed by atoms with Crippen LogP contribution in [0.15, 0.2) is 74.8 Å². The predicted octanol–water partition coefficient (Wildman–Crippen LogP) is -1.33. The largest absolute Gasteiger partial charge is 1.00 e. The molecule has 0 fully saturated rings. The summed E-state index contributed by atoms with van der Waals surface area (Å²) in [5.41, 5.74) is 3.86. The molecule has 0 aliphatic carbocycles. The van der Waals surface area contributed by atoms with Gasteiger partial charge in [0, 0.05) is 5.56 Å². The maximum Gasteiger partial charge on any atom is 1.00 e. The van der Waals surface area contributed by atoms with Crippen LogP contribution in [-0.2, 0) is 10.1 Å². The molecule has 0 saturated carbocycles. The van der Waals surface area contributed by atoms with Gasteiger partial charge in [-0.3, -0.25) is 5.43 Å². The summed E-state index contributed by atoms with van der Waals surface area (Å²) < 4.78 is 32.8. The minimum absolute atomic E-state index is 0. The molecule has 0 spiro atoms. The number of hydrogen-bond acceptors (Lipinski definition) is 9. The number of nitrogens with zero attached hydrogens (tertiary/aromatic N) is 6. The molecule has 132 valence electrons. The van der Waals surface area contributed by atoms with E-state index < -0.39 is 10.1 Å². The SMILES string of the molecule is O=S(=O)([O-])c1ccc(NN=C(N=Nc2nn[nH]n2)c2ccccc2)cc1.[Na+]. The Labute approximate surface area is 176 Å². The average molecular weight is 394 g/mol. The van der Waals surface area contributed by atoms with Gasteiger partial charge in [-0.05, 0) is 29.5 Å². The normalized spacial score (nSPS) is 12.0. The Kier molecular flexibility index (Phi) is 7.27. The zero-order valence-corrected chi connectivity index (χ0v) is 16.8. The summed E-state index contributed by atoms with van der Waals surface area (Å²) >= 11 is 0. The number of nitrogens with one attached hydrogen (secondary N) is 2. The van der Waals surface area contributed by atoms with E-state index >= 15 is 0 Å². The first kappa shape index (κ1) is 20.8. The Hall–Kier alpha value is -2.51. The first-order valence-corrected chi connectivity index (χ1v) is 8.53. The molecular weight excluding hydrogens is 383 g/mol. The van der Waals surface area contributed by atoms with E-state index in [1.807, 2.05) is 18.2 Å². The number of anilines is 1. The molecule has 0 amide bonds. The third kappa shape index (κ3) is 6.01. The molecule has 3 rings (SSSR count). The van der Waals surface area contributed by atoms with Gasteiger partial charge in [-0.25, -0.2) is 8.42 Å². The number of H-pyrrole nitrogens is 1. The van der Waals surface area contributed by atoms with Gasteiger partial charge in [0.2, 0.25) is 5.84 Å². The number of hydrazone groups is 1. The second kappa shape index (κ2) is 9.43. The minimum Gasteiger partial charge on any atom is -0.744 e. The topological polar surface area (TPSA) is 161 Å². The van der Waals surface area contributed by atoms with Gasteiger partial charge < -0.3 is 4.55 Å². The maximum absolute atomic E-state index is 10.9. The van der Waals surface area contributed by atoms with Crippen LogP contribution in [-0.4, -0.2) is 39.4 Å². The molecule has 3 aromatic rings. The minimum atomic E-state index is -4.50. The zero-order chi connectivity index (χ0) is 18.4. The van der Waals surface area contributed by atoms with Gasteiger partial charge in [-0.15, -0.1) is 15.3 Å². The molecule has 0 aliphatic heterocycles. The van der Waals surface area contributed by atoms with Crippen LogP contribution in [0, 0.1) is 0 Å². The quantitative estimate of drug-likeness (QED) is 0.135. The van der Waals surface area contributed by atoms with Crippen LogP contribution < -0.4 is 35.0 Å². The van der Waals surface area contributed by atoms with Crippen LogP contribution in [0.3, 0.4) is 0 Å². The Morgan fingerprint density at radius 2 is 1.78 bits per heavy atom. The monoisotopic (exact) mass is 394 g/mol. The van der Waals surface area contributed by atoms with Crippen LogP contribution in [0.4, 0.5) is 11.6 Å². The van der Waals surface area contributed by atoms with Gasteiger partial charge in [0.1, 0.15) is 10.1 Å². The van der Waals surface area contributed by atoms with E-state index in [1.54, 1.807) is 12.1 Å². The molecule has 2 aromatic carbocycles. The van der Waals surface area contributed by atoms with Crippen LogP contribution in [0.1, 0.15) is 5.56 Å². The summed E-state index contributed by atoms with van der Waals surface area (Å²) in [5.74, 6) is 0.273. The molecule has 0 unspecified atom stereocenters. The van der Waals surface area contributed by atoms with Gasteiger partial charge in [0.05, 0.1) is 10.6 Å². The van der Waals surface area contributed by atoms with Crippen molar-refractivity contribution in [3.63, 3.8) is 0 Å². The zero-order valence-electron chi connectivity index (χ0n) is 14.0. The number of tetrazole rings is 1. The standard InChI is InChI=1S/C14H12N8O3S.Na/c23-26(24,25)12-8-6-11(7-9-12)15-16-13(10-4-2-1-3-5-10)17-18-14-19-21-22-20-14;/h1-9,15H,(H,23,24,25)(H,19,20,21,22);/q;+1/p-1. The maximum atomic E-state index is 10.9. The van der Waals surface area contributed by atoms with E-state index in [9.17, 15) is 13.0 Å². The van der Waals surface area contributed by atoms with Gasteiger partial charge in [0.25, 0.3) is 0 Å². The van der Waals surface area contributed by atoms with Crippen molar-refractivity contribution >= 4 is 27.6 Å². The molecule has 0 aliphatic rings. The van der Waals surface area contributed by atoms with Crippen molar-refractivity contribution in [1.29, 1.82) is 0 Å². The fraction of sp³-hybridized carbons (Fsp3) is 0. The number of benzene rings is 2. The number of hydrogen-bond donors (Lipinski definition) is 2. The Morgan fingerprint density at radius 1 is 1.07 bits per heavy atom. The fourth-order valence-electron chi connectivity index (χ4n) is 1.84. The first-order valence-electron chi connectivity index (χ1n) is 7.13. The number of amidine groups is 1. The van der Waals surface area contributed by atoms with E-state index in [0.29, 0.717) is 11.3 Å². The third-order valence-electron chi connectivity index (χ3n) is 3.03. The Morgan fingerprint density at radius 3 is 2.37 bits per heavy atom. The van der Waals surface area contributed by atoms with E-state index in [0.717, 1.165) is 0 Å². The van der Waals surface area contributed by atoms with Crippen molar-refractivity contribution in [2.24, 2.45) is 15.3 Å². The molecular formula is C14H11N8NaO3S. The van der Waals surface area contributed by atoms with E-state index in [-0.39, 0.29) is 46.2 Å². The number of azo groups is 1. The van der Waals surface area contributed by atoms with Crippen molar-refractivity contribution in [1.82, 2.24) is 20.6 Å². The van der Waals surface area contributed by atoms with Crippen molar-refractivity contribution in [2.75, 3.05) is 5.43 Å². The van der Waals surface area contributed by atoms with Crippen molar-refractivity contribution in [2.45, 2.75) is 4.90 Å². The number of aromatic amines is 1. The Balaban J connectivity index is 0.00000261. The molecule has 2 N–H and O–H groups in total. The molecule has 0 saturated heterocycles. The molecule has 0 bridgehead atoms. The molecule has 0 radical (unpaired) electrons. The second-order valence-corrected chi connectivity index (χ2v) is 6.18. The summed E-state index contributed by atoms with van der Waals surface area (Å²) in [4.78, 5) is -0.327. The van der Waals surface area contributed by atoms with Crippen LogP contribution >= 0.6 is 0 Å². The number of rotatable bonds is 5. The van der Waals surface area contributed by atoms with Crippen LogP contribution in [0.5, 0.6) is 0 Å². The molecule has 27 heavy (non-hydrogen) atoms. The smallest absolute Gasteiger partial charge is 0.744 e. The first-order chi connectivity index (χ1) is 12.5. The van der Waals surface area contributed by atoms with Crippen molar-refractivity contribution in [3.8, 4) is 0 Å². The third-order valence-corrected chi connectivity index (χ3v) is 3.88. The Bertz CT molecular complexity index is 1020. The van der Waals surface area contributed by atoms with Gasteiger partial charge in [-0.1, -0.05) is 35.4 Å². The van der Waals surface area contributed by atoms with Crippen LogP contribution in [0.25, 0.3) is 0 Å². The molecule has 1 aromatic heterocycles. The summed E-state index contributed by atoms with van der Waals surface area (Å²) in [7, 11) is -4.50.